The molecule has 0 spiro atoms. The second-order valence-electron chi connectivity index (χ2n) is 17.7. The number of benzene rings is 3. The maximum Gasteiger partial charge on any atom is 0.407 e. The van der Waals surface area contributed by atoms with E-state index < -0.39 is 30.3 Å². The van der Waals surface area contributed by atoms with Gasteiger partial charge >= 0.3 is 12.2 Å². The van der Waals surface area contributed by atoms with Crippen molar-refractivity contribution in [2.24, 2.45) is 11.8 Å². The van der Waals surface area contributed by atoms with Crippen LogP contribution in [0.1, 0.15) is 92.2 Å². The number of likely N-dealkylation sites (tertiary alicyclic amines) is 2. The number of nitrogens with one attached hydrogen (secondary N) is 4. The van der Waals surface area contributed by atoms with Crippen LogP contribution in [0.25, 0.3) is 33.6 Å². The number of H-pyrrole nitrogens is 2. The van der Waals surface area contributed by atoms with Crippen molar-refractivity contribution in [2.45, 2.75) is 89.7 Å². The molecule has 2 saturated heterocycles. The molecule has 0 unspecified atom stereocenters. The van der Waals surface area contributed by atoms with Crippen LogP contribution >= 0.6 is 0 Å². The number of imidazole rings is 2. The van der Waals surface area contributed by atoms with E-state index in [4.69, 9.17) is 24.2 Å². The van der Waals surface area contributed by atoms with Gasteiger partial charge in [0.1, 0.15) is 36.1 Å². The Morgan fingerprint density at radius 3 is 2.47 bits per heavy atom. The van der Waals surface area contributed by atoms with Gasteiger partial charge in [0.25, 0.3) is 5.91 Å². The number of carbonyl (C=O) groups is 4. The third-order valence-electron chi connectivity index (χ3n) is 13.3. The third kappa shape index (κ3) is 7.95. The highest BCUT2D eigenvalue weighted by Gasteiger charge is 2.43. The Balaban J connectivity index is 0.956. The van der Waals surface area contributed by atoms with E-state index in [1.165, 1.54) is 12.7 Å². The zero-order valence-corrected chi connectivity index (χ0v) is 36.6. The molecule has 5 aromatic rings. The van der Waals surface area contributed by atoms with Crippen molar-refractivity contribution in [1.29, 1.82) is 0 Å². The highest BCUT2D eigenvalue weighted by molar-refractivity contribution is 5.88. The summed E-state index contributed by atoms with van der Waals surface area (Å²) in [5.74, 6) is 1.58. The van der Waals surface area contributed by atoms with Gasteiger partial charge in [-0.1, -0.05) is 56.3 Å². The number of fused-ring (bicyclic) bond motifs is 6. The van der Waals surface area contributed by atoms with Crippen molar-refractivity contribution in [3.63, 3.8) is 0 Å². The molecule has 0 bridgehead atoms. The first-order valence-electron chi connectivity index (χ1n) is 22.0. The third-order valence-corrected chi connectivity index (χ3v) is 13.3. The quantitative estimate of drug-likeness (QED) is 0.0911. The van der Waals surface area contributed by atoms with Crippen LogP contribution in [-0.4, -0.2) is 98.3 Å². The summed E-state index contributed by atoms with van der Waals surface area (Å²) in [7, 11) is 2.93. The molecule has 16 heteroatoms. The average molecular weight is 871 g/mol. The lowest BCUT2D eigenvalue weighted by atomic mass is 9.86. The topological polar surface area (TPSA) is 204 Å². The Morgan fingerprint density at radius 2 is 1.72 bits per heavy atom. The zero-order chi connectivity index (χ0) is 44.8. The Hall–Kier alpha value is -6.68. The summed E-state index contributed by atoms with van der Waals surface area (Å²) in [6.45, 7) is 7.09. The van der Waals surface area contributed by atoms with Gasteiger partial charge in [0.2, 0.25) is 5.91 Å². The SMILES string of the molecule is COC[C@H]1C[C@@H](c2ncc(-c3ccc4c(c3)COc3cc5c(cc3-4)CCc3nc([C@@H]4CC[C@H](C)N4C(=O)[C@@H](NC(=O)OC)C(C)C)[nH]c3-5)[nH]2)N(C(=O)[C@H](NC(=O)O)c2ccccc2)C1. The number of amides is 4. The number of rotatable bonds is 11. The van der Waals surface area contributed by atoms with Crippen LogP contribution in [0.5, 0.6) is 5.75 Å². The molecule has 2 fully saturated rings. The predicted molar refractivity (Wildman–Crippen MR) is 236 cm³/mol. The van der Waals surface area contributed by atoms with Crippen molar-refractivity contribution >= 4 is 24.0 Å². The molecular formula is C48H54N8O8. The van der Waals surface area contributed by atoms with Crippen LogP contribution < -0.4 is 15.4 Å². The van der Waals surface area contributed by atoms with Gasteiger partial charge < -0.3 is 49.7 Å². The summed E-state index contributed by atoms with van der Waals surface area (Å²) in [5.41, 5.74) is 9.56. The predicted octanol–water partition coefficient (Wildman–Crippen LogP) is 7.10. The normalized spacial score (nSPS) is 20.7. The monoisotopic (exact) mass is 870 g/mol. The van der Waals surface area contributed by atoms with Gasteiger partial charge in [-0.3, -0.25) is 9.59 Å². The van der Waals surface area contributed by atoms with Gasteiger partial charge in [0.15, 0.2) is 0 Å². The van der Waals surface area contributed by atoms with Crippen LogP contribution in [-0.2, 0) is 38.5 Å². The van der Waals surface area contributed by atoms with Gasteiger partial charge in [-0.05, 0) is 91.0 Å². The van der Waals surface area contributed by atoms with Crippen molar-refractivity contribution in [3.8, 4) is 39.4 Å². The smallest absolute Gasteiger partial charge is 0.407 e. The minimum absolute atomic E-state index is 0.0194. The summed E-state index contributed by atoms with van der Waals surface area (Å²) in [4.78, 5) is 72.7. The Labute approximate surface area is 371 Å². The number of hydrogen-bond donors (Lipinski definition) is 5. The van der Waals surface area contributed by atoms with Gasteiger partial charge in [-0.15, -0.1) is 0 Å². The summed E-state index contributed by atoms with van der Waals surface area (Å²) in [6.07, 6.45) is 3.61. The van der Waals surface area contributed by atoms with E-state index in [-0.39, 0.29) is 35.7 Å². The van der Waals surface area contributed by atoms with Gasteiger partial charge in [-0.2, -0.15) is 0 Å². The molecule has 16 nitrogen and oxygen atoms in total. The van der Waals surface area contributed by atoms with Gasteiger partial charge in [0, 0.05) is 36.7 Å². The average Bonchev–Trinajstić information content (AvgIpc) is 4.12. The molecule has 4 amide bonds. The second kappa shape index (κ2) is 17.5. The lowest BCUT2D eigenvalue weighted by molar-refractivity contribution is -0.137. The molecule has 3 aromatic carbocycles. The molecule has 6 atom stereocenters. The largest absolute Gasteiger partial charge is 0.488 e. The molecule has 4 aliphatic rings. The molecule has 3 aliphatic heterocycles. The molecule has 9 rings (SSSR count). The number of hydrogen-bond acceptors (Lipinski definition) is 9. The van der Waals surface area contributed by atoms with E-state index >= 15 is 0 Å². The van der Waals surface area contributed by atoms with E-state index in [2.05, 4.69) is 50.9 Å². The van der Waals surface area contributed by atoms with Gasteiger partial charge in [0.05, 0.1) is 49.1 Å². The Kier molecular flexibility index (Phi) is 11.6. The van der Waals surface area contributed by atoms with Crippen LogP contribution in [0.3, 0.4) is 0 Å². The van der Waals surface area contributed by atoms with Crippen LogP contribution in [0, 0.1) is 11.8 Å². The van der Waals surface area contributed by atoms with Crippen molar-refractivity contribution in [3.05, 3.63) is 101 Å². The first kappa shape index (κ1) is 42.6. The molecule has 0 saturated carbocycles. The fraction of sp³-hybridized carbons (Fsp3) is 0.417. The van der Waals surface area contributed by atoms with Crippen molar-refractivity contribution in [1.82, 2.24) is 40.4 Å². The summed E-state index contributed by atoms with van der Waals surface area (Å²) >= 11 is 0. The minimum atomic E-state index is -1.28. The number of alkyl carbamates (subject to hydrolysis) is 1. The lowest BCUT2D eigenvalue weighted by Gasteiger charge is -2.32. The van der Waals surface area contributed by atoms with E-state index in [0.29, 0.717) is 37.6 Å². The molecule has 1 aliphatic carbocycles. The summed E-state index contributed by atoms with van der Waals surface area (Å²) in [6, 6.07) is 17.0. The van der Waals surface area contributed by atoms with E-state index in [0.717, 1.165) is 82.2 Å². The molecule has 5 heterocycles. The maximum absolute atomic E-state index is 14.1. The van der Waals surface area contributed by atoms with Crippen molar-refractivity contribution < 1.29 is 38.5 Å². The fourth-order valence-corrected chi connectivity index (χ4v) is 10.1. The van der Waals surface area contributed by atoms with Crippen LogP contribution in [0.4, 0.5) is 9.59 Å². The fourth-order valence-electron chi connectivity index (χ4n) is 10.1. The first-order chi connectivity index (χ1) is 30.9. The first-order valence-corrected chi connectivity index (χ1v) is 22.0. The van der Waals surface area contributed by atoms with E-state index in [1.54, 1.807) is 42.5 Å². The molecule has 0 radical (unpaired) electrons. The number of carbonyl (C=O) groups excluding carboxylic acids is 3. The zero-order valence-electron chi connectivity index (χ0n) is 36.6. The number of methoxy groups -OCH3 is 2. The molecule has 64 heavy (non-hydrogen) atoms. The van der Waals surface area contributed by atoms with Crippen LogP contribution in [0.15, 0.2) is 66.9 Å². The minimum Gasteiger partial charge on any atom is -0.488 e. The standard InChI is InChI=1S/C48H54N8O8/c1-25(2)40(54-48(61)63-5)46(58)56-26(3)11-16-37(56)44-50-35-15-13-29-19-34-32-14-12-30(18-31(32)24-64-39(34)20-33(29)42(35)52-44)36-21-49-43(51-36)38-17-27(23-62-4)22-55(38)45(57)41(53-47(59)60)28-9-7-6-8-10-28/h6-10,12,14,18-21,25-27,37-38,40-41,53H,11,13,15-17,22-24H2,1-5H3,(H,49,51)(H,50,52)(H,54,61)(H,59,60)/t26-,27-,37-,38-,40-,41+/m0/s1. The molecular weight excluding hydrogens is 817 g/mol. The maximum atomic E-state index is 14.1. The molecule has 5 N–H and O–H groups in total. The number of aromatic nitrogens is 4. The number of carboxylic acid groups (broad SMARTS) is 1. The lowest BCUT2D eigenvalue weighted by Crippen LogP contribution is -2.52. The number of nitrogens with zero attached hydrogens (tertiary/aromatic N) is 4. The molecule has 334 valence electrons. The summed E-state index contributed by atoms with van der Waals surface area (Å²) in [5, 5.41) is 14.8. The van der Waals surface area contributed by atoms with E-state index in [1.807, 2.05) is 31.7 Å². The van der Waals surface area contributed by atoms with Crippen molar-refractivity contribution in [2.75, 3.05) is 27.4 Å². The number of aromatic amines is 2. The number of ether oxygens (including phenoxy) is 3. The number of aryl methyl sites for hydroxylation is 2. The highest BCUT2D eigenvalue weighted by Crippen LogP contribution is 2.46. The Morgan fingerprint density at radius 1 is 0.906 bits per heavy atom. The van der Waals surface area contributed by atoms with Crippen LogP contribution in [0.2, 0.25) is 0 Å². The second-order valence-corrected chi connectivity index (χ2v) is 17.7. The Bertz CT molecular complexity index is 2590. The van der Waals surface area contributed by atoms with E-state index in [9.17, 15) is 24.3 Å². The summed E-state index contributed by atoms with van der Waals surface area (Å²) < 4.78 is 16.8. The van der Waals surface area contributed by atoms with Gasteiger partial charge in [-0.25, -0.2) is 19.6 Å². The highest BCUT2D eigenvalue weighted by atomic mass is 16.5. The molecule has 2 aromatic heterocycles.